The lowest BCUT2D eigenvalue weighted by Gasteiger charge is -2.10. The molecule has 1 aliphatic rings. The Morgan fingerprint density at radius 1 is 1.04 bits per heavy atom. The summed E-state index contributed by atoms with van der Waals surface area (Å²) in [6, 6.07) is 10.7. The first kappa shape index (κ1) is 17.2. The average Bonchev–Trinajstić information content (AvgIpc) is 3.01. The van der Waals surface area contributed by atoms with Crippen LogP contribution in [-0.2, 0) is 10.0 Å². The smallest absolute Gasteiger partial charge is 0.255 e. The molecule has 0 aliphatic carbocycles. The predicted octanol–water partition coefficient (Wildman–Crippen LogP) is 2.35. The second-order valence-corrected chi connectivity index (χ2v) is 7.54. The molecule has 8 heteroatoms. The highest BCUT2D eigenvalue weighted by Crippen LogP contribution is 2.32. The second kappa shape index (κ2) is 6.73. The number of benzene rings is 2. The first-order chi connectivity index (χ1) is 11.8. The molecule has 1 aliphatic heterocycles. The monoisotopic (exact) mass is 362 g/mol. The van der Waals surface area contributed by atoms with Crippen molar-refractivity contribution in [2.24, 2.45) is 0 Å². The maximum atomic E-state index is 12.3. The molecule has 1 heterocycles. The van der Waals surface area contributed by atoms with Gasteiger partial charge in [-0.15, -0.1) is 0 Å². The van der Waals surface area contributed by atoms with Gasteiger partial charge in [0.15, 0.2) is 11.5 Å². The number of carbonyl (C=O) groups excluding carboxylic acids is 1. The van der Waals surface area contributed by atoms with Gasteiger partial charge in [-0.05, 0) is 56.3 Å². The molecule has 0 saturated heterocycles. The summed E-state index contributed by atoms with van der Waals surface area (Å²) in [6.07, 6.45) is 0. The lowest BCUT2D eigenvalue weighted by Crippen LogP contribution is -2.30. The van der Waals surface area contributed by atoms with Crippen LogP contribution in [0.5, 0.6) is 11.5 Å². The number of hydrogen-bond acceptors (Lipinski definition) is 5. The van der Waals surface area contributed by atoms with Crippen LogP contribution in [0.2, 0.25) is 0 Å². The van der Waals surface area contributed by atoms with Crippen molar-refractivity contribution in [1.29, 1.82) is 0 Å². The molecule has 0 unspecified atom stereocenters. The fourth-order valence-electron chi connectivity index (χ4n) is 2.34. The summed E-state index contributed by atoms with van der Waals surface area (Å²) in [4.78, 5) is 12.4. The van der Waals surface area contributed by atoms with Crippen molar-refractivity contribution >= 4 is 21.6 Å². The molecular weight excluding hydrogens is 344 g/mol. The predicted molar refractivity (Wildman–Crippen MR) is 92.4 cm³/mol. The lowest BCUT2D eigenvalue weighted by atomic mass is 10.2. The van der Waals surface area contributed by atoms with Crippen LogP contribution in [0.4, 0.5) is 5.69 Å². The summed E-state index contributed by atoms with van der Waals surface area (Å²) in [6.45, 7) is 3.63. The summed E-state index contributed by atoms with van der Waals surface area (Å²) in [5.41, 5.74) is 0.911. The second-order valence-electron chi connectivity index (χ2n) is 5.82. The molecule has 0 saturated carbocycles. The molecule has 0 spiro atoms. The lowest BCUT2D eigenvalue weighted by molar-refractivity contribution is 0.102. The minimum absolute atomic E-state index is 0.140. The SMILES string of the molecule is CC(C)NS(=O)(=O)c1ccc(NC(=O)c2ccc3c(c2)OCO3)cc1. The molecule has 0 atom stereocenters. The Morgan fingerprint density at radius 2 is 1.72 bits per heavy atom. The van der Waals surface area contributed by atoms with Gasteiger partial charge in [0.25, 0.3) is 5.91 Å². The van der Waals surface area contributed by atoms with E-state index in [-0.39, 0.29) is 23.6 Å². The first-order valence-electron chi connectivity index (χ1n) is 7.68. The van der Waals surface area contributed by atoms with Crippen molar-refractivity contribution in [2.75, 3.05) is 12.1 Å². The number of fused-ring (bicyclic) bond motifs is 1. The van der Waals surface area contributed by atoms with E-state index in [1.807, 2.05) is 0 Å². The summed E-state index contributed by atoms with van der Waals surface area (Å²) < 4.78 is 37.1. The number of amides is 1. The fraction of sp³-hybridized carbons (Fsp3) is 0.235. The first-order valence-corrected chi connectivity index (χ1v) is 9.17. The number of carbonyl (C=O) groups is 1. The van der Waals surface area contributed by atoms with Crippen molar-refractivity contribution in [2.45, 2.75) is 24.8 Å². The molecule has 0 radical (unpaired) electrons. The average molecular weight is 362 g/mol. The molecule has 25 heavy (non-hydrogen) atoms. The van der Waals surface area contributed by atoms with Crippen LogP contribution in [-0.4, -0.2) is 27.2 Å². The van der Waals surface area contributed by atoms with Crippen LogP contribution in [0.15, 0.2) is 47.4 Å². The fourth-order valence-corrected chi connectivity index (χ4v) is 3.59. The van der Waals surface area contributed by atoms with Gasteiger partial charge in [0.1, 0.15) is 0 Å². The number of ether oxygens (including phenoxy) is 2. The Labute approximate surface area is 146 Å². The minimum atomic E-state index is -3.56. The number of rotatable bonds is 5. The van der Waals surface area contributed by atoms with E-state index in [9.17, 15) is 13.2 Å². The van der Waals surface area contributed by atoms with Crippen LogP contribution in [0, 0.1) is 0 Å². The molecule has 132 valence electrons. The van der Waals surface area contributed by atoms with Crippen molar-refractivity contribution in [3.05, 3.63) is 48.0 Å². The minimum Gasteiger partial charge on any atom is -0.454 e. The van der Waals surface area contributed by atoms with E-state index in [0.717, 1.165) is 0 Å². The van der Waals surface area contributed by atoms with E-state index in [2.05, 4.69) is 10.0 Å². The molecule has 2 N–H and O–H groups in total. The van der Waals surface area contributed by atoms with Crippen LogP contribution in [0.3, 0.4) is 0 Å². The van der Waals surface area contributed by atoms with Crippen LogP contribution in [0.1, 0.15) is 24.2 Å². The Hall–Kier alpha value is -2.58. The zero-order valence-corrected chi connectivity index (χ0v) is 14.6. The summed E-state index contributed by atoms with van der Waals surface area (Å²) in [5, 5.41) is 2.72. The van der Waals surface area contributed by atoms with Crippen LogP contribution >= 0.6 is 0 Å². The molecule has 0 aromatic heterocycles. The largest absolute Gasteiger partial charge is 0.454 e. The van der Waals surface area contributed by atoms with Gasteiger partial charge in [0.05, 0.1) is 4.90 Å². The van der Waals surface area contributed by atoms with E-state index in [1.54, 1.807) is 44.2 Å². The van der Waals surface area contributed by atoms with Gasteiger partial charge in [0, 0.05) is 17.3 Å². The normalized spacial score (nSPS) is 13.1. The van der Waals surface area contributed by atoms with E-state index >= 15 is 0 Å². The van der Waals surface area contributed by atoms with E-state index < -0.39 is 10.0 Å². The summed E-state index contributed by atoms with van der Waals surface area (Å²) >= 11 is 0. The third-order valence-electron chi connectivity index (χ3n) is 3.45. The molecular formula is C17H18N2O5S. The van der Waals surface area contributed by atoms with E-state index in [0.29, 0.717) is 22.7 Å². The number of hydrogen-bond donors (Lipinski definition) is 2. The Kier molecular flexibility index (Phi) is 4.65. The Morgan fingerprint density at radius 3 is 2.40 bits per heavy atom. The molecule has 2 aromatic carbocycles. The van der Waals surface area contributed by atoms with Crippen LogP contribution in [0.25, 0.3) is 0 Å². The number of anilines is 1. The van der Waals surface area contributed by atoms with Gasteiger partial charge < -0.3 is 14.8 Å². The van der Waals surface area contributed by atoms with Crippen molar-refractivity contribution in [3.63, 3.8) is 0 Å². The topological polar surface area (TPSA) is 93.7 Å². The highest BCUT2D eigenvalue weighted by molar-refractivity contribution is 7.89. The van der Waals surface area contributed by atoms with Gasteiger partial charge in [-0.2, -0.15) is 0 Å². The van der Waals surface area contributed by atoms with Crippen molar-refractivity contribution in [1.82, 2.24) is 4.72 Å². The maximum Gasteiger partial charge on any atom is 0.255 e. The third kappa shape index (κ3) is 3.92. The number of sulfonamides is 1. The third-order valence-corrected chi connectivity index (χ3v) is 5.12. The van der Waals surface area contributed by atoms with Crippen LogP contribution < -0.4 is 19.5 Å². The zero-order valence-electron chi connectivity index (χ0n) is 13.8. The van der Waals surface area contributed by atoms with Gasteiger partial charge in [-0.1, -0.05) is 0 Å². The number of nitrogens with one attached hydrogen (secondary N) is 2. The Bertz CT molecular complexity index is 892. The van der Waals surface area contributed by atoms with Crippen molar-refractivity contribution < 1.29 is 22.7 Å². The highest BCUT2D eigenvalue weighted by Gasteiger charge is 2.17. The van der Waals surface area contributed by atoms with E-state index in [4.69, 9.17) is 9.47 Å². The molecule has 1 amide bonds. The summed E-state index contributed by atoms with van der Waals surface area (Å²) in [7, 11) is -3.56. The Balaban J connectivity index is 1.72. The highest BCUT2D eigenvalue weighted by atomic mass is 32.2. The molecule has 2 aromatic rings. The molecule has 7 nitrogen and oxygen atoms in total. The van der Waals surface area contributed by atoms with Gasteiger partial charge in [-0.3, -0.25) is 4.79 Å². The molecule has 0 fully saturated rings. The molecule has 3 rings (SSSR count). The maximum absolute atomic E-state index is 12.3. The van der Waals surface area contributed by atoms with Gasteiger partial charge in [-0.25, -0.2) is 13.1 Å². The van der Waals surface area contributed by atoms with Gasteiger partial charge in [0.2, 0.25) is 16.8 Å². The zero-order chi connectivity index (χ0) is 18.0. The molecule has 0 bridgehead atoms. The van der Waals surface area contributed by atoms with Crippen molar-refractivity contribution in [3.8, 4) is 11.5 Å². The quantitative estimate of drug-likeness (QED) is 0.852. The summed E-state index contributed by atoms with van der Waals surface area (Å²) in [5.74, 6) is 0.798. The van der Waals surface area contributed by atoms with E-state index in [1.165, 1.54) is 12.1 Å². The standard InChI is InChI=1S/C17H18N2O5S/c1-11(2)19-25(21,22)14-6-4-13(5-7-14)18-17(20)12-3-8-15-16(9-12)24-10-23-15/h3-9,11,19H,10H2,1-2H3,(H,18,20). The van der Waals surface area contributed by atoms with Gasteiger partial charge >= 0.3 is 0 Å².